The molecule has 6 nitrogen and oxygen atoms in total. The summed E-state index contributed by atoms with van der Waals surface area (Å²) in [5.41, 5.74) is -0.415. The predicted octanol–water partition coefficient (Wildman–Crippen LogP) is 2.92. The van der Waals surface area contributed by atoms with E-state index in [-0.39, 0.29) is 10.1 Å². The number of nitro groups is 1. The standard InChI is InChI=1S/C12H15BrN2O4S2/c13-9-4-5-11(15(16)17)12(7-9)21(18,19)14-8-10-3-1-2-6-20-10/h4-5,7,10,14H,1-3,6,8H2. The zero-order valence-electron chi connectivity index (χ0n) is 11.1. The molecule has 1 aliphatic rings. The second-order valence-corrected chi connectivity index (χ2v) is 8.77. The molecule has 1 heterocycles. The summed E-state index contributed by atoms with van der Waals surface area (Å²) in [6, 6.07) is 3.90. The normalized spacial score (nSPS) is 19.4. The Morgan fingerprint density at radius 3 is 2.81 bits per heavy atom. The maximum absolute atomic E-state index is 12.3. The van der Waals surface area contributed by atoms with Crippen molar-refractivity contribution in [2.24, 2.45) is 0 Å². The number of hydrogen-bond acceptors (Lipinski definition) is 5. The van der Waals surface area contributed by atoms with E-state index >= 15 is 0 Å². The minimum absolute atomic E-state index is 0.236. The molecule has 1 aromatic rings. The lowest BCUT2D eigenvalue weighted by Crippen LogP contribution is -2.32. The van der Waals surface area contributed by atoms with Crippen molar-refractivity contribution in [1.29, 1.82) is 0 Å². The second-order valence-electron chi connectivity index (χ2n) is 4.71. The molecular weight excluding hydrogens is 380 g/mol. The lowest BCUT2D eigenvalue weighted by atomic mass is 10.2. The Labute approximate surface area is 136 Å². The Balaban J connectivity index is 2.18. The quantitative estimate of drug-likeness (QED) is 0.612. The molecule has 1 fully saturated rings. The molecule has 0 bridgehead atoms. The third kappa shape index (κ3) is 4.41. The van der Waals surface area contributed by atoms with Crippen LogP contribution in [0.3, 0.4) is 0 Å². The van der Waals surface area contributed by atoms with Gasteiger partial charge in [0.05, 0.1) is 4.92 Å². The van der Waals surface area contributed by atoms with Crippen LogP contribution in [0.4, 0.5) is 5.69 Å². The van der Waals surface area contributed by atoms with Gasteiger partial charge in [-0.05, 0) is 30.7 Å². The molecule has 1 saturated heterocycles. The molecule has 9 heteroatoms. The molecule has 21 heavy (non-hydrogen) atoms. The summed E-state index contributed by atoms with van der Waals surface area (Å²) < 4.78 is 27.6. The molecule has 0 radical (unpaired) electrons. The summed E-state index contributed by atoms with van der Waals surface area (Å²) in [6.07, 6.45) is 3.22. The van der Waals surface area contributed by atoms with Gasteiger partial charge in [0.2, 0.25) is 10.0 Å². The van der Waals surface area contributed by atoms with E-state index in [9.17, 15) is 18.5 Å². The Hall–Kier alpha value is -0.640. The van der Waals surface area contributed by atoms with Crippen molar-refractivity contribution in [3.05, 3.63) is 32.8 Å². The number of benzene rings is 1. The van der Waals surface area contributed by atoms with Crippen molar-refractivity contribution in [3.8, 4) is 0 Å². The highest BCUT2D eigenvalue weighted by molar-refractivity contribution is 9.10. The van der Waals surface area contributed by atoms with Gasteiger partial charge in [-0.25, -0.2) is 13.1 Å². The number of thioether (sulfide) groups is 1. The summed E-state index contributed by atoms with van der Waals surface area (Å²) >= 11 is 4.89. The van der Waals surface area contributed by atoms with Gasteiger partial charge in [-0.1, -0.05) is 22.4 Å². The smallest absolute Gasteiger partial charge is 0.258 e. The second kappa shape index (κ2) is 7.08. The molecule has 0 saturated carbocycles. The van der Waals surface area contributed by atoms with Gasteiger partial charge in [-0.3, -0.25) is 10.1 Å². The van der Waals surface area contributed by atoms with Crippen molar-refractivity contribution in [2.75, 3.05) is 12.3 Å². The number of nitrogens with one attached hydrogen (secondary N) is 1. The van der Waals surface area contributed by atoms with Crippen LogP contribution in [-0.4, -0.2) is 30.9 Å². The zero-order valence-corrected chi connectivity index (χ0v) is 14.3. The minimum Gasteiger partial charge on any atom is -0.258 e. The van der Waals surface area contributed by atoms with Gasteiger partial charge in [0.1, 0.15) is 0 Å². The van der Waals surface area contributed by atoms with Crippen LogP contribution in [0.15, 0.2) is 27.6 Å². The molecule has 0 aliphatic carbocycles. The summed E-state index contributed by atoms with van der Waals surface area (Å²) in [5, 5.41) is 11.2. The SMILES string of the molecule is O=[N+]([O-])c1ccc(Br)cc1S(=O)(=O)NCC1CCCCS1. The largest absolute Gasteiger partial charge is 0.289 e. The van der Waals surface area contributed by atoms with Crippen molar-refractivity contribution in [1.82, 2.24) is 4.72 Å². The summed E-state index contributed by atoms with van der Waals surface area (Å²) in [4.78, 5) is 9.99. The number of nitro benzene ring substituents is 1. The number of halogens is 1. The molecule has 2 rings (SSSR count). The van der Waals surface area contributed by atoms with Crippen LogP contribution in [-0.2, 0) is 10.0 Å². The van der Waals surface area contributed by atoms with Crippen LogP contribution in [0.1, 0.15) is 19.3 Å². The van der Waals surface area contributed by atoms with Crippen molar-refractivity contribution in [3.63, 3.8) is 0 Å². The molecule has 0 aromatic heterocycles. The van der Waals surface area contributed by atoms with Gasteiger partial charge in [-0.15, -0.1) is 0 Å². The van der Waals surface area contributed by atoms with Crippen LogP contribution in [0.5, 0.6) is 0 Å². The average Bonchev–Trinajstić information content (AvgIpc) is 2.46. The molecule has 0 amide bonds. The van der Waals surface area contributed by atoms with E-state index in [1.807, 2.05) is 0 Å². The molecule has 1 aliphatic heterocycles. The third-order valence-electron chi connectivity index (χ3n) is 3.18. The van der Waals surface area contributed by atoms with E-state index in [4.69, 9.17) is 0 Å². The Bertz CT molecular complexity index is 630. The van der Waals surface area contributed by atoms with Crippen LogP contribution in [0.2, 0.25) is 0 Å². The molecule has 1 N–H and O–H groups in total. The van der Waals surface area contributed by atoms with Gasteiger partial charge in [0.25, 0.3) is 5.69 Å². The fourth-order valence-corrected chi connectivity index (χ4v) is 5.24. The lowest BCUT2D eigenvalue weighted by Gasteiger charge is -2.21. The fourth-order valence-electron chi connectivity index (χ4n) is 2.10. The number of rotatable bonds is 5. The van der Waals surface area contributed by atoms with Crippen LogP contribution >= 0.6 is 27.7 Å². The first-order valence-electron chi connectivity index (χ1n) is 6.45. The van der Waals surface area contributed by atoms with E-state index < -0.39 is 20.6 Å². The fraction of sp³-hybridized carbons (Fsp3) is 0.500. The third-order valence-corrected chi connectivity index (χ3v) is 6.53. The molecule has 0 spiro atoms. The van der Waals surface area contributed by atoms with Gasteiger partial charge < -0.3 is 0 Å². The van der Waals surface area contributed by atoms with Gasteiger partial charge in [0.15, 0.2) is 4.90 Å². The predicted molar refractivity (Wildman–Crippen MR) is 86.1 cm³/mol. The maximum atomic E-state index is 12.3. The van der Waals surface area contributed by atoms with Gasteiger partial charge in [-0.2, -0.15) is 11.8 Å². The van der Waals surface area contributed by atoms with Crippen molar-refractivity contribution in [2.45, 2.75) is 29.4 Å². The van der Waals surface area contributed by atoms with Crippen molar-refractivity contribution >= 4 is 43.4 Å². The Morgan fingerprint density at radius 2 is 2.19 bits per heavy atom. The number of sulfonamides is 1. The Kier molecular flexibility index (Phi) is 5.64. The summed E-state index contributed by atoms with van der Waals surface area (Å²) in [6.45, 7) is 0.302. The van der Waals surface area contributed by atoms with Gasteiger partial charge >= 0.3 is 0 Å². The monoisotopic (exact) mass is 394 g/mol. The Morgan fingerprint density at radius 1 is 1.43 bits per heavy atom. The summed E-state index contributed by atoms with van der Waals surface area (Å²) in [7, 11) is -3.89. The topological polar surface area (TPSA) is 89.3 Å². The first-order valence-corrected chi connectivity index (χ1v) is 9.78. The first kappa shape index (κ1) is 16.7. The van der Waals surface area contributed by atoms with Crippen molar-refractivity contribution < 1.29 is 13.3 Å². The highest BCUT2D eigenvalue weighted by Gasteiger charge is 2.27. The van der Waals surface area contributed by atoms with Crippen LogP contribution in [0.25, 0.3) is 0 Å². The molecule has 1 atom stereocenters. The molecular formula is C12H15BrN2O4S2. The average molecular weight is 395 g/mol. The number of hydrogen-bond donors (Lipinski definition) is 1. The highest BCUT2D eigenvalue weighted by Crippen LogP contribution is 2.28. The summed E-state index contributed by atoms with van der Waals surface area (Å²) in [5.74, 6) is 1.03. The van der Waals surface area contributed by atoms with E-state index in [0.29, 0.717) is 11.0 Å². The zero-order chi connectivity index (χ0) is 15.5. The molecule has 116 valence electrons. The van der Waals surface area contributed by atoms with Gasteiger partial charge in [0, 0.05) is 22.3 Å². The van der Waals surface area contributed by atoms with E-state index in [1.165, 1.54) is 18.2 Å². The number of nitrogens with zero attached hydrogens (tertiary/aromatic N) is 1. The highest BCUT2D eigenvalue weighted by atomic mass is 79.9. The van der Waals surface area contributed by atoms with E-state index in [0.717, 1.165) is 25.0 Å². The maximum Gasteiger partial charge on any atom is 0.289 e. The molecule has 1 unspecified atom stereocenters. The van der Waals surface area contributed by atoms with E-state index in [1.54, 1.807) is 11.8 Å². The lowest BCUT2D eigenvalue weighted by molar-refractivity contribution is -0.387. The van der Waals surface area contributed by atoms with Crippen LogP contribution in [0, 0.1) is 10.1 Å². The minimum atomic E-state index is -3.89. The molecule has 1 aromatic carbocycles. The van der Waals surface area contributed by atoms with Crippen LogP contribution < -0.4 is 4.72 Å². The first-order chi connectivity index (χ1) is 9.90. The van der Waals surface area contributed by atoms with E-state index in [2.05, 4.69) is 20.7 Å².